The molecular weight excluding hydrogens is 547 g/mol. The SMILES string of the molecule is CO.Clc1ccc2nc3c(c(-c4ccccc4)c2c1)[C@H]1Cc2nc4ccc(Cl)cc4c(-c4ccccc4)c2[C@@H](C3)C1. The Balaban J connectivity index is 0.00000135. The number of benzene rings is 4. The monoisotopic (exact) mass is 574 g/mol. The quantitative estimate of drug-likeness (QED) is 0.224. The summed E-state index contributed by atoms with van der Waals surface area (Å²) in [5.41, 5.74) is 12.2. The second-order valence-corrected chi connectivity index (χ2v) is 11.7. The predicted octanol–water partition coefficient (Wildman–Crippen LogP) is 9.40. The van der Waals surface area contributed by atoms with Crippen LogP contribution in [-0.2, 0) is 12.8 Å². The Labute approximate surface area is 249 Å². The number of nitrogens with zero attached hydrogens (tertiary/aromatic N) is 2. The second kappa shape index (κ2) is 10.6. The van der Waals surface area contributed by atoms with Crippen LogP contribution in [0.2, 0.25) is 10.0 Å². The van der Waals surface area contributed by atoms with Crippen molar-refractivity contribution in [2.45, 2.75) is 31.1 Å². The molecule has 4 aromatic carbocycles. The first-order valence-electron chi connectivity index (χ1n) is 13.9. The minimum Gasteiger partial charge on any atom is -0.400 e. The molecule has 2 heterocycles. The molecule has 2 aromatic heterocycles. The molecule has 1 N–H and O–H groups in total. The lowest BCUT2D eigenvalue weighted by molar-refractivity contribution is 0.399. The molecule has 2 atom stereocenters. The third kappa shape index (κ3) is 4.40. The fraction of sp³-hybridized carbons (Fsp3) is 0.167. The minimum absolute atomic E-state index is 0.346. The van der Waals surface area contributed by atoms with Gasteiger partial charge in [-0.3, -0.25) is 9.97 Å². The molecule has 5 heteroatoms. The summed E-state index contributed by atoms with van der Waals surface area (Å²) in [6, 6.07) is 33.6. The van der Waals surface area contributed by atoms with Crippen LogP contribution in [0.4, 0.5) is 0 Å². The van der Waals surface area contributed by atoms with Crippen molar-refractivity contribution in [2.24, 2.45) is 0 Å². The van der Waals surface area contributed by atoms with E-state index in [1.54, 1.807) is 0 Å². The molecule has 6 aromatic rings. The molecule has 41 heavy (non-hydrogen) atoms. The Kier molecular flexibility index (Phi) is 6.75. The van der Waals surface area contributed by atoms with E-state index in [4.69, 9.17) is 38.3 Å². The van der Waals surface area contributed by atoms with Gasteiger partial charge in [-0.05, 0) is 101 Å². The number of hydrogen-bond donors (Lipinski definition) is 1. The largest absolute Gasteiger partial charge is 0.400 e. The van der Waals surface area contributed by atoms with Gasteiger partial charge in [-0.2, -0.15) is 0 Å². The van der Waals surface area contributed by atoms with E-state index >= 15 is 0 Å². The molecule has 0 aliphatic heterocycles. The van der Waals surface area contributed by atoms with Crippen LogP contribution in [0.25, 0.3) is 44.1 Å². The maximum absolute atomic E-state index is 7.00. The number of halogens is 2. The van der Waals surface area contributed by atoms with Crippen molar-refractivity contribution in [1.82, 2.24) is 9.97 Å². The molecule has 0 fully saturated rings. The zero-order chi connectivity index (χ0) is 28.1. The van der Waals surface area contributed by atoms with Crippen LogP contribution in [0.3, 0.4) is 0 Å². The predicted molar refractivity (Wildman–Crippen MR) is 170 cm³/mol. The van der Waals surface area contributed by atoms with Crippen LogP contribution in [0.1, 0.15) is 40.8 Å². The fourth-order valence-corrected chi connectivity index (χ4v) is 7.39. The van der Waals surface area contributed by atoms with Gasteiger partial charge in [0.1, 0.15) is 0 Å². The summed E-state index contributed by atoms with van der Waals surface area (Å²) in [7, 11) is 1.00. The van der Waals surface area contributed by atoms with Crippen LogP contribution in [0.5, 0.6) is 0 Å². The first-order chi connectivity index (χ1) is 20.1. The van der Waals surface area contributed by atoms with Gasteiger partial charge in [0.2, 0.25) is 0 Å². The topological polar surface area (TPSA) is 46.0 Å². The third-order valence-electron chi connectivity index (χ3n) is 8.52. The van der Waals surface area contributed by atoms with Crippen molar-refractivity contribution in [3.63, 3.8) is 0 Å². The number of aromatic nitrogens is 2. The maximum atomic E-state index is 7.00. The lowest BCUT2D eigenvalue weighted by Gasteiger charge is -2.39. The summed E-state index contributed by atoms with van der Waals surface area (Å²) < 4.78 is 0. The highest BCUT2D eigenvalue weighted by Crippen LogP contribution is 2.53. The molecule has 0 unspecified atom stereocenters. The molecule has 2 aliphatic rings. The van der Waals surface area contributed by atoms with E-state index in [0.29, 0.717) is 11.8 Å². The molecule has 3 nitrogen and oxygen atoms in total. The zero-order valence-corrected chi connectivity index (χ0v) is 24.1. The van der Waals surface area contributed by atoms with Gasteiger partial charge in [-0.15, -0.1) is 0 Å². The Morgan fingerprint density at radius 2 is 1.00 bits per heavy atom. The van der Waals surface area contributed by atoms with Crippen LogP contribution in [-0.4, -0.2) is 22.2 Å². The van der Waals surface area contributed by atoms with Gasteiger partial charge in [-0.25, -0.2) is 0 Å². The van der Waals surface area contributed by atoms with E-state index in [1.165, 1.54) is 44.8 Å². The molecular formula is C36H28Cl2N2O. The van der Waals surface area contributed by atoms with Gasteiger partial charge in [0, 0.05) is 39.3 Å². The first-order valence-corrected chi connectivity index (χ1v) is 14.7. The standard InChI is InChI=1S/C35H24Cl2N2.CH4O/c36-24-11-13-28-26(18-24)32(20-7-3-1-4-8-20)34-22-15-23(17-30(34)38-28)35-31(16-22)39-29-14-12-25(37)19-27(29)33(35)21-9-5-2-6-10-21;1-2/h1-14,18-19,22-23H,15-17H2;2H,1H3/t22-,23-;/m1./s1. The summed E-state index contributed by atoms with van der Waals surface area (Å²) in [5.74, 6) is 0.691. The van der Waals surface area contributed by atoms with Gasteiger partial charge in [0.15, 0.2) is 0 Å². The molecule has 0 spiro atoms. The summed E-state index contributed by atoms with van der Waals surface area (Å²) in [6.45, 7) is 0. The Hall–Kier alpha value is -3.76. The van der Waals surface area contributed by atoms with Crippen LogP contribution in [0.15, 0.2) is 97.1 Å². The molecule has 2 aliphatic carbocycles. The number of pyridine rings is 2. The number of aliphatic hydroxyl groups excluding tert-OH is 1. The van der Waals surface area contributed by atoms with Gasteiger partial charge in [-0.1, -0.05) is 83.9 Å². The average Bonchev–Trinajstić information content (AvgIpc) is 3.01. The molecule has 0 radical (unpaired) electrons. The van der Waals surface area contributed by atoms with E-state index in [9.17, 15) is 0 Å². The smallest absolute Gasteiger partial charge is 0.0712 e. The van der Waals surface area contributed by atoms with Crippen molar-refractivity contribution in [3.8, 4) is 22.3 Å². The number of fused-ring (bicyclic) bond motifs is 8. The van der Waals surface area contributed by atoms with Gasteiger partial charge >= 0.3 is 0 Å². The van der Waals surface area contributed by atoms with Crippen LogP contribution in [0, 0.1) is 0 Å². The van der Waals surface area contributed by atoms with Crippen LogP contribution < -0.4 is 0 Å². The lowest BCUT2D eigenvalue weighted by atomic mass is 9.66. The van der Waals surface area contributed by atoms with E-state index in [2.05, 4.69) is 84.9 Å². The lowest BCUT2D eigenvalue weighted by Crippen LogP contribution is -2.28. The van der Waals surface area contributed by atoms with Crippen molar-refractivity contribution < 1.29 is 5.11 Å². The first kappa shape index (κ1) is 26.2. The summed E-state index contributed by atoms with van der Waals surface area (Å²) in [5, 5.41) is 10.7. The van der Waals surface area contributed by atoms with Gasteiger partial charge in [0.25, 0.3) is 0 Å². The highest BCUT2D eigenvalue weighted by atomic mass is 35.5. The maximum Gasteiger partial charge on any atom is 0.0712 e. The number of rotatable bonds is 2. The van der Waals surface area contributed by atoms with Crippen LogP contribution >= 0.6 is 23.2 Å². The van der Waals surface area contributed by atoms with Crippen molar-refractivity contribution in [3.05, 3.63) is 130 Å². The molecule has 2 bridgehead atoms. The number of hydrogen-bond acceptors (Lipinski definition) is 3. The minimum atomic E-state index is 0.346. The summed E-state index contributed by atoms with van der Waals surface area (Å²) in [6.07, 6.45) is 2.87. The average molecular weight is 576 g/mol. The molecule has 0 saturated heterocycles. The van der Waals surface area contributed by atoms with Gasteiger partial charge in [0.05, 0.1) is 11.0 Å². The fourth-order valence-electron chi connectivity index (χ4n) is 7.04. The highest BCUT2D eigenvalue weighted by molar-refractivity contribution is 6.32. The Morgan fingerprint density at radius 1 is 0.585 bits per heavy atom. The Bertz CT molecular complexity index is 1780. The van der Waals surface area contributed by atoms with Crippen molar-refractivity contribution >= 4 is 45.0 Å². The molecule has 0 saturated carbocycles. The van der Waals surface area contributed by atoms with Crippen molar-refractivity contribution in [1.29, 1.82) is 0 Å². The molecule has 0 amide bonds. The van der Waals surface area contributed by atoms with E-state index < -0.39 is 0 Å². The summed E-state index contributed by atoms with van der Waals surface area (Å²) >= 11 is 13.1. The van der Waals surface area contributed by atoms with E-state index in [1.807, 2.05) is 12.1 Å². The Morgan fingerprint density at radius 3 is 1.41 bits per heavy atom. The molecule has 8 rings (SSSR count). The highest BCUT2D eigenvalue weighted by Gasteiger charge is 2.39. The zero-order valence-electron chi connectivity index (χ0n) is 22.6. The number of aliphatic hydroxyl groups is 1. The third-order valence-corrected chi connectivity index (χ3v) is 8.99. The molecule has 202 valence electrons. The van der Waals surface area contributed by atoms with E-state index in [0.717, 1.165) is 58.2 Å². The normalized spacial score (nSPS) is 17.0. The second-order valence-electron chi connectivity index (χ2n) is 10.8. The van der Waals surface area contributed by atoms with E-state index in [-0.39, 0.29) is 0 Å². The van der Waals surface area contributed by atoms with Gasteiger partial charge < -0.3 is 5.11 Å². The van der Waals surface area contributed by atoms with Crippen molar-refractivity contribution in [2.75, 3.05) is 7.11 Å². The summed E-state index contributed by atoms with van der Waals surface area (Å²) in [4.78, 5) is 10.6.